The minimum Gasteiger partial charge on any atom is -0.464 e. The van der Waals surface area contributed by atoms with Crippen molar-refractivity contribution in [2.75, 3.05) is 5.32 Å². The van der Waals surface area contributed by atoms with Crippen molar-refractivity contribution in [2.24, 2.45) is 0 Å². The topological polar surface area (TPSA) is 42.2 Å². The molecule has 1 aromatic carbocycles. The van der Waals surface area contributed by atoms with E-state index in [1.807, 2.05) is 30.3 Å². The molecule has 0 saturated carbocycles. The largest absolute Gasteiger partial charge is 0.464 e. The number of benzene rings is 1. The van der Waals surface area contributed by atoms with E-state index in [-0.39, 0.29) is 5.91 Å². The number of furan rings is 1. The highest BCUT2D eigenvalue weighted by atomic mass is 16.3. The normalized spacial score (nSPS) is 13.7. The van der Waals surface area contributed by atoms with Gasteiger partial charge in [0.15, 0.2) is 0 Å². The molecule has 0 saturated heterocycles. The van der Waals surface area contributed by atoms with E-state index < -0.39 is 0 Å². The van der Waals surface area contributed by atoms with Crippen LogP contribution < -0.4 is 5.32 Å². The molecule has 3 rings (SSSR count). The Morgan fingerprint density at radius 2 is 2.20 bits per heavy atom. The third-order valence-electron chi connectivity index (χ3n) is 2.54. The quantitative estimate of drug-likeness (QED) is 0.766. The van der Waals surface area contributed by atoms with Crippen LogP contribution in [0.15, 0.2) is 41.0 Å². The molecule has 0 unspecified atom stereocenters. The summed E-state index contributed by atoms with van der Waals surface area (Å²) >= 11 is 0. The summed E-state index contributed by atoms with van der Waals surface area (Å²) in [6, 6.07) is 9.62. The fraction of sp³-hybridized carbons (Fsp3) is 0.0833. The van der Waals surface area contributed by atoms with Crippen molar-refractivity contribution in [3.63, 3.8) is 0 Å². The van der Waals surface area contributed by atoms with Gasteiger partial charge in [0.2, 0.25) is 5.91 Å². The zero-order valence-corrected chi connectivity index (χ0v) is 7.99. The number of rotatable bonds is 1. The average molecular weight is 199 g/mol. The van der Waals surface area contributed by atoms with Crippen LogP contribution in [0.5, 0.6) is 0 Å². The van der Waals surface area contributed by atoms with Gasteiger partial charge in [-0.2, -0.15) is 0 Å². The summed E-state index contributed by atoms with van der Waals surface area (Å²) in [6.07, 6.45) is 2.11. The highest BCUT2D eigenvalue weighted by Gasteiger charge is 2.17. The fourth-order valence-electron chi connectivity index (χ4n) is 1.83. The number of carbonyl (C=O) groups is 1. The zero-order valence-electron chi connectivity index (χ0n) is 7.99. The van der Waals surface area contributed by atoms with Gasteiger partial charge >= 0.3 is 0 Å². The van der Waals surface area contributed by atoms with Gasteiger partial charge in [0.05, 0.1) is 12.7 Å². The average Bonchev–Trinajstić information content (AvgIpc) is 2.82. The lowest BCUT2D eigenvalue weighted by atomic mass is 10.1. The molecular weight excluding hydrogens is 190 g/mol. The molecule has 3 heteroatoms. The number of amides is 1. The molecule has 1 aliphatic rings. The fourth-order valence-corrected chi connectivity index (χ4v) is 1.83. The van der Waals surface area contributed by atoms with Crippen LogP contribution in [0.4, 0.5) is 5.69 Å². The summed E-state index contributed by atoms with van der Waals surface area (Å²) in [5.74, 6) is 0.888. The number of nitrogens with one attached hydrogen (secondary N) is 1. The Hall–Kier alpha value is -2.03. The van der Waals surface area contributed by atoms with Crippen molar-refractivity contribution >= 4 is 11.6 Å². The Bertz CT molecular complexity index is 514. The lowest BCUT2D eigenvalue weighted by Crippen LogP contribution is -2.03. The third kappa shape index (κ3) is 1.32. The van der Waals surface area contributed by atoms with Crippen molar-refractivity contribution in [2.45, 2.75) is 6.42 Å². The zero-order chi connectivity index (χ0) is 10.3. The molecule has 0 fully saturated rings. The molecule has 2 aromatic rings. The molecule has 0 aliphatic carbocycles. The minimum absolute atomic E-state index is 0.0570. The van der Waals surface area contributed by atoms with Gasteiger partial charge < -0.3 is 9.73 Å². The predicted molar refractivity (Wildman–Crippen MR) is 56.5 cm³/mol. The van der Waals surface area contributed by atoms with Gasteiger partial charge in [-0.1, -0.05) is 0 Å². The molecule has 0 atom stereocenters. The molecule has 0 radical (unpaired) electrons. The van der Waals surface area contributed by atoms with Crippen LogP contribution in [0.2, 0.25) is 0 Å². The summed E-state index contributed by atoms with van der Waals surface area (Å²) in [4.78, 5) is 11.2. The Morgan fingerprint density at radius 1 is 1.27 bits per heavy atom. The van der Waals surface area contributed by atoms with Crippen LogP contribution >= 0.6 is 0 Å². The maximum absolute atomic E-state index is 11.2. The molecule has 0 spiro atoms. The van der Waals surface area contributed by atoms with Crippen molar-refractivity contribution in [1.29, 1.82) is 0 Å². The van der Waals surface area contributed by atoms with Gasteiger partial charge in [0, 0.05) is 11.3 Å². The number of hydrogen-bond donors (Lipinski definition) is 1. The third-order valence-corrected chi connectivity index (χ3v) is 2.54. The second kappa shape index (κ2) is 2.98. The van der Waals surface area contributed by atoms with Crippen molar-refractivity contribution < 1.29 is 9.21 Å². The Labute approximate surface area is 86.7 Å². The summed E-state index contributed by atoms with van der Waals surface area (Å²) < 4.78 is 5.30. The molecule has 2 heterocycles. The van der Waals surface area contributed by atoms with E-state index in [2.05, 4.69) is 5.32 Å². The Kier molecular flexibility index (Phi) is 1.65. The molecule has 1 aliphatic heterocycles. The van der Waals surface area contributed by atoms with Crippen LogP contribution in [-0.4, -0.2) is 5.91 Å². The monoisotopic (exact) mass is 199 g/mol. The molecule has 74 valence electrons. The van der Waals surface area contributed by atoms with Gasteiger partial charge in [-0.05, 0) is 35.9 Å². The smallest absolute Gasteiger partial charge is 0.228 e. The predicted octanol–water partition coefficient (Wildman–Crippen LogP) is 2.44. The van der Waals surface area contributed by atoms with Gasteiger partial charge in [-0.3, -0.25) is 4.79 Å². The standard InChI is InChI=1S/C12H9NO2/c14-12-7-9-6-8(3-4-10(9)13-12)11-2-1-5-15-11/h1-6H,7H2,(H,13,14). The number of anilines is 1. The summed E-state index contributed by atoms with van der Waals surface area (Å²) in [5, 5.41) is 2.80. The highest BCUT2D eigenvalue weighted by Crippen LogP contribution is 2.28. The maximum Gasteiger partial charge on any atom is 0.228 e. The van der Waals surface area contributed by atoms with E-state index >= 15 is 0 Å². The van der Waals surface area contributed by atoms with E-state index in [0.29, 0.717) is 6.42 Å². The molecule has 3 nitrogen and oxygen atoms in total. The SMILES string of the molecule is O=C1Cc2cc(-c3ccco3)ccc2N1. The number of carbonyl (C=O) groups excluding carboxylic acids is 1. The van der Waals surface area contributed by atoms with Gasteiger partial charge in [-0.25, -0.2) is 0 Å². The Balaban J connectivity index is 2.07. The van der Waals surface area contributed by atoms with Crippen molar-refractivity contribution in [3.05, 3.63) is 42.2 Å². The molecule has 1 N–H and O–H groups in total. The summed E-state index contributed by atoms with van der Waals surface area (Å²) in [6.45, 7) is 0. The number of fused-ring (bicyclic) bond motifs is 1. The lowest BCUT2D eigenvalue weighted by Gasteiger charge is -2.00. The van der Waals surface area contributed by atoms with Gasteiger partial charge in [-0.15, -0.1) is 0 Å². The van der Waals surface area contributed by atoms with Gasteiger partial charge in [0.25, 0.3) is 0 Å². The minimum atomic E-state index is 0.0570. The molecule has 1 aromatic heterocycles. The molecular formula is C12H9NO2. The van der Waals surface area contributed by atoms with Gasteiger partial charge in [0.1, 0.15) is 5.76 Å². The molecule has 0 bridgehead atoms. The first-order chi connectivity index (χ1) is 7.33. The van der Waals surface area contributed by atoms with Crippen LogP contribution in [0.25, 0.3) is 11.3 Å². The van der Waals surface area contributed by atoms with Crippen LogP contribution in [0.3, 0.4) is 0 Å². The van der Waals surface area contributed by atoms with E-state index in [0.717, 1.165) is 22.6 Å². The highest BCUT2D eigenvalue weighted by molar-refractivity contribution is 5.99. The summed E-state index contributed by atoms with van der Waals surface area (Å²) in [5.41, 5.74) is 2.96. The first kappa shape index (κ1) is 8.29. The van der Waals surface area contributed by atoms with Crippen molar-refractivity contribution in [3.8, 4) is 11.3 Å². The van der Waals surface area contributed by atoms with Crippen LogP contribution in [0.1, 0.15) is 5.56 Å². The first-order valence-electron chi connectivity index (χ1n) is 4.79. The van der Waals surface area contributed by atoms with E-state index in [4.69, 9.17) is 4.42 Å². The second-order valence-electron chi connectivity index (χ2n) is 3.57. The maximum atomic E-state index is 11.2. The second-order valence-corrected chi connectivity index (χ2v) is 3.57. The van der Waals surface area contributed by atoms with E-state index in [9.17, 15) is 4.79 Å². The first-order valence-corrected chi connectivity index (χ1v) is 4.79. The van der Waals surface area contributed by atoms with Crippen LogP contribution in [-0.2, 0) is 11.2 Å². The molecule has 15 heavy (non-hydrogen) atoms. The van der Waals surface area contributed by atoms with Crippen molar-refractivity contribution in [1.82, 2.24) is 0 Å². The van der Waals surface area contributed by atoms with Crippen LogP contribution in [0, 0.1) is 0 Å². The van der Waals surface area contributed by atoms with E-state index in [1.54, 1.807) is 6.26 Å². The van der Waals surface area contributed by atoms with E-state index in [1.165, 1.54) is 0 Å². The summed E-state index contributed by atoms with van der Waals surface area (Å²) in [7, 11) is 0. The lowest BCUT2D eigenvalue weighted by molar-refractivity contribution is -0.115. The number of hydrogen-bond acceptors (Lipinski definition) is 2. The Morgan fingerprint density at radius 3 is 3.00 bits per heavy atom. The molecule has 1 amide bonds.